The van der Waals surface area contributed by atoms with Gasteiger partial charge in [-0.2, -0.15) is 0 Å². The molecule has 0 aliphatic rings. The number of hydrogen-bond acceptors (Lipinski definition) is 1. The number of rotatable bonds is 1. The fourth-order valence-corrected chi connectivity index (χ4v) is 2.56. The first-order valence-electron chi connectivity index (χ1n) is 5.81. The van der Waals surface area contributed by atoms with Crippen LogP contribution in [0, 0.1) is 0 Å². The van der Waals surface area contributed by atoms with Crippen LogP contribution in [0.25, 0.3) is 21.8 Å². The van der Waals surface area contributed by atoms with Gasteiger partial charge in [0.25, 0.3) is 0 Å². The predicted octanol–water partition coefficient (Wildman–Crippen LogP) is 2.58. The molecule has 0 saturated carbocycles. The van der Waals surface area contributed by atoms with Crippen LogP contribution in [0.5, 0.6) is 0 Å². The number of H-pyrrole nitrogens is 1. The van der Waals surface area contributed by atoms with E-state index in [1.807, 2.05) is 19.2 Å². The van der Waals surface area contributed by atoms with Crippen LogP contribution in [0.2, 0.25) is 0 Å². The summed E-state index contributed by atoms with van der Waals surface area (Å²) in [6.45, 7) is 2.06. The lowest BCUT2D eigenvalue weighted by molar-refractivity contribution is 0.959. The monoisotopic (exact) mass is 226 g/mol. The Bertz CT molecular complexity index is 765. The zero-order valence-electron chi connectivity index (χ0n) is 9.95. The Morgan fingerprint density at radius 3 is 2.76 bits per heavy atom. The lowest BCUT2D eigenvalue weighted by atomic mass is 10.1. The van der Waals surface area contributed by atoms with Gasteiger partial charge in [0.1, 0.15) is 0 Å². The number of aryl methyl sites for hydroxylation is 2. The zero-order chi connectivity index (χ0) is 12.0. The highest BCUT2D eigenvalue weighted by Crippen LogP contribution is 2.28. The minimum Gasteiger partial charge on any atom is -0.342 e. The molecule has 2 aromatic heterocycles. The molecule has 2 heterocycles. The number of hydrogen-bond donors (Lipinski definition) is 1. The van der Waals surface area contributed by atoms with Crippen LogP contribution in [0.15, 0.2) is 35.1 Å². The second kappa shape index (κ2) is 3.48. The van der Waals surface area contributed by atoms with Crippen LogP contribution in [-0.2, 0) is 13.5 Å². The van der Waals surface area contributed by atoms with E-state index in [2.05, 4.69) is 28.6 Å². The second-order valence-electron chi connectivity index (χ2n) is 4.30. The van der Waals surface area contributed by atoms with Crippen LogP contribution in [0.4, 0.5) is 0 Å². The van der Waals surface area contributed by atoms with Crippen molar-refractivity contribution in [2.45, 2.75) is 13.3 Å². The first kappa shape index (κ1) is 10.1. The SMILES string of the molecule is CCc1[nH]c(=O)cc2c3ccccc3n(C)c12. The van der Waals surface area contributed by atoms with Crippen LogP contribution in [0.1, 0.15) is 12.6 Å². The minimum atomic E-state index is -0.0225. The number of para-hydroxylation sites is 1. The molecule has 0 saturated heterocycles. The Morgan fingerprint density at radius 2 is 2.00 bits per heavy atom. The first-order valence-corrected chi connectivity index (χ1v) is 5.81. The Balaban J connectivity index is 2.66. The van der Waals surface area contributed by atoms with Gasteiger partial charge in [0.05, 0.1) is 5.52 Å². The number of pyridine rings is 1. The van der Waals surface area contributed by atoms with Crippen LogP contribution in [0.3, 0.4) is 0 Å². The average Bonchev–Trinajstić information content (AvgIpc) is 2.63. The topological polar surface area (TPSA) is 37.8 Å². The Hall–Kier alpha value is -2.03. The molecule has 0 bridgehead atoms. The molecule has 3 rings (SSSR count). The summed E-state index contributed by atoms with van der Waals surface area (Å²) in [5.74, 6) is 0. The fourth-order valence-electron chi connectivity index (χ4n) is 2.56. The molecule has 0 unspecified atom stereocenters. The van der Waals surface area contributed by atoms with Crippen molar-refractivity contribution in [3.63, 3.8) is 0 Å². The van der Waals surface area contributed by atoms with Gasteiger partial charge in [0, 0.05) is 35.1 Å². The van der Waals surface area contributed by atoms with E-state index in [1.54, 1.807) is 6.07 Å². The molecule has 0 amide bonds. The maximum atomic E-state index is 11.7. The first-order chi connectivity index (χ1) is 8.22. The lowest BCUT2D eigenvalue weighted by Gasteiger charge is -2.03. The Kier molecular flexibility index (Phi) is 2.08. The summed E-state index contributed by atoms with van der Waals surface area (Å²) in [5.41, 5.74) is 3.28. The van der Waals surface area contributed by atoms with Gasteiger partial charge < -0.3 is 9.55 Å². The number of nitrogens with zero attached hydrogens (tertiary/aromatic N) is 1. The fraction of sp³-hybridized carbons (Fsp3) is 0.214. The number of fused-ring (bicyclic) bond motifs is 3. The van der Waals surface area contributed by atoms with E-state index >= 15 is 0 Å². The molecule has 1 aromatic carbocycles. The highest BCUT2D eigenvalue weighted by molar-refractivity contribution is 6.08. The van der Waals surface area contributed by atoms with Crippen LogP contribution < -0.4 is 5.56 Å². The zero-order valence-corrected chi connectivity index (χ0v) is 9.95. The molecule has 0 aliphatic heterocycles. The van der Waals surface area contributed by atoms with Crippen molar-refractivity contribution < 1.29 is 0 Å². The molecule has 0 fully saturated rings. The molecule has 86 valence electrons. The molecule has 0 spiro atoms. The third-order valence-electron chi connectivity index (χ3n) is 3.34. The van der Waals surface area contributed by atoms with Crippen molar-refractivity contribution >= 4 is 21.8 Å². The van der Waals surface area contributed by atoms with Gasteiger partial charge in [-0.15, -0.1) is 0 Å². The van der Waals surface area contributed by atoms with E-state index in [9.17, 15) is 4.79 Å². The van der Waals surface area contributed by atoms with Gasteiger partial charge in [0.15, 0.2) is 0 Å². The second-order valence-corrected chi connectivity index (χ2v) is 4.30. The summed E-state index contributed by atoms with van der Waals surface area (Å²) in [6.07, 6.45) is 0.830. The van der Waals surface area contributed by atoms with Crippen LogP contribution in [-0.4, -0.2) is 9.55 Å². The van der Waals surface area contributed by atoms with Gasteiger partial charge in [0.2, 0.25) is 5.56 Å². The third kappa shape index (κ3) is 1.32. The summed E-state index contributed by atoms with van der Waals surface area (Å²) >= 11 is 0. The predicted molar refractivity (Wildman–Crippen MR) is 70.4 cm³/mol. The maximum absolute atomic E-state index is 11.7. The molecule has 3 heteroatoms. The third-order valence-corrected chi connectivity index (χ3v) is 3.34. The summed E-state index contributed by atoms with van der Waals surface area (Å²) in [6, 6.07) is 9.87. The van der Waals surface area contributed by atoms with Gasteiger partial charge in [-0.3, -0.25) is 4.79 Å². The standard InChI is InChI=1S/C14H14N2O/c1-3-11-14-10(8-13(17)15-11)9-6-4-5-7-12(9)16(14)2/h4-8H,3H2,1-2H3,(H,15,17). The van der Waals surface area contributed by atoms with Gasteiger partial charge in [-0.1, -0.05) is 25.1 Å². The molecule has 3 aromatic rings. The Labute approximate surface area is 98.7 Å². The number of nitrogens with one attached hydrogen (secondary N) is 1. The smallest absolute Gasteiger partial charge is 0.248 e. The number of benzene rings is 1. The molecule has 0 atom stereocenters. The van der Waals surface area contributed by atoms with E-state index in [-0.39, 0.29) is 5.56 Å². The maximum Gasteiger partial charge on any atom is 0.248 e. The highest BCUT2D eigenvalue weighted by atomic mass is 16.1. The van der Waals surface area contributed by atoms with Crippen molar-refractivity contribution in [1.82, 2.24) is 9.55 Å². The summed E-state index contributed by atoms with van der Waals surface area (Å²) in [7, 11) is 2.04. The van der Waals surface area contributed by atoms with Gasteiger partial charge in [-0.05, 0) is 12.5 Å². The quantitative estimate of drug-likeness (QED) is 0.680. The largest absolute Gasteiger partial charge is 0.342 e. The number of aromatic amines is 1. The minimum absolute atomic E-state index is 0.0225. The number of aromatic nitrogens is 2. The van der Waals surface area contributed by atoms with Crippen molar-refractivity contribution in [2.75, 3.05) is 0 Å². The Morgan fingerprint density at radius 1 is 1.24 bits per heavy atom. The molecule has 0 aliphatic carbocycles. The molecular weight excluding hydrogens is 212 g/mol. The normalized spacial score (nSPS) is 11.4. The van der Waals surface area contributed by atoms with Crippen molar-refractivity contribution in [3.8, 4) is 0 Å². The molecule has 0 radical (unpaired) electrons. The summed E-state index contributed by atoms with van der Waals surface area (Å²) < 4.78 is 2.15. The lowest BCUT2D eigenvalue weighted by Crippen LogP contribution is -2.08. The van der Waals surface area contributed by atoms with Gasteiger partial charge in [-0.25, -0.2) is 0 Å². The van der Waals surface area contributed by atoms with Crippen molar-refractivity contribution in [1.29, 1.82) is 0 Å². The van der Waals surface area contributed by atoms with E-state index < -0.39 is 0 Å². The van der Waals surface area contributed by atoms with Crippen molar-refractivity contribution in [3.05, 3.63) is 46.4 Å². The molecule has 1 N–H and O–H groups in total. The van der Waals surface area contributed by atoms with E-state index in [0.29, 0.717) is 0 Å². The molecule has 17 heavy (non-hydrogen) atoms. The molecule has 3 nitrogen and oxygen atoms in total. The van der Waals surface area contributed by atoms with Crippen molar-refractivity contribution in [2.24, 2.45) is 7.05 Å². The van der Waals surface area contributed by atoms with Gasteiger partial charge >= 0.3 is 0 Å². The van der Waals surface area contributed by atoms with E-state index in [1.165, 1.54) is 0 Å². The summed E-state index contributed by atoms with van der Waals surface area (Å²) in [5, 5.41) is 2.19. The van der Waals surface area contributed by atoms with E-state index in [0.717, 1.165) is 33.9 Å². The van der Waals surface area contributed by atoms with E-state index in [4.69, 9.17) is 0 Å². The van der Waals surface area contributed by atoms with Crippen LogP contribution >= 0.6 is 0 Å². The summed E-state index contributed by atoms with van der Waals surface area (Å²) in [4.78, 5) is 14.6. The average molecular weight is 226 g/mol. The molecular formula is C14H14N2O. The highest BCUT2D eigenvalue weighted by Gasteiger charge is 2.11.